The van der Waals surface area contributed by atoms with E-state index >= 15 is 0 Å². The van der Waals surface area contributed by atoms with Crippen LogP contribution in [0.15, 0.2) is 48.5 Å². The molecule has 3 rings (SSSR count). The highest BCUT2D eigenvalue weighted by atomic mass is 16.5. The predicted octanol–water partition coefficient (Wildman–Crippen LogP) is 3.53. The third kappa shape index (κ3) is 6.13. The molecule has 3 N–H and O–H groups in total. The van der Waals surface area contributed by atoms with Crippen LogP contribution in [-0.4, -0.2) is 42.3 Å². The number of aliphatic carboxylic acids is 1. The van der Waals surface area contributed by atoms with E-state index in [9.17, 15) is 19.5 Å². The maximum absolute atomic E-state index is 12.3. The van der Waals surface area contributed by atoms with E-state index in [1.165, 1.54) is 0 Å². The van der Waals surface area contributed by atoms with E-state index in [1.807, 2.05) is 24.3 Å². The molecule has 1 aliphatic carbocycles. The molecule has 1 aliphatic rings. The van der Waals surface area contributed by atoms with E-state index in [0.717, 1.165) is 22.3 Å². The highest BCUT2D eigenvalue weighted by Gasteiger charge is 2.29. The van der Waals surface area contributed by atoms with E-state index in [1.54, 1.807) is 13.8 Å². The van der Waals surface area contributed by atoms with E-state index in [-0.39, 0.29) is 37.8 Å². The van der Waals surface area contributed by atoms with Crippen LogP contribution in [0.3, 0.4) is 0 Å². The summed E-state index contributed by atoms with van der Waals surface area (Å²) in [7, 11) is 0. The Morgan fingerprint density at radius 2 is 1.67 bits per heavy atom. The Morgan fingerprint density at radius 3 is 2.24 bits per heavy atom. The van der Waals surface area contributed by atoms with Gasteiger partial charge in [-0.3, -0.25) is 4.79 Å². The zero-order valence-electron chi connectivity index (χ0n) is 18.8. The van der Waals surface area contributed by atoms with Crippen LogP contribution in [0.4, 0.5) is 4.79 Å². The first-order valence-corrected chi connectivity index (χ1v) is 10.9. The lowest BCUT2D eigenvalue weighted by Crippen LogP contribution is -2.41. The van der Waals surface area contributed by atoms with Crippen LogP contribution in [0.25, 0.3) is 11.1 Å². The summed E-state index contributed by atoms with van der Waals surface area (Å²) >= 11 is 0. The fourth-order valence-corrected chi connectivity index (χ4v) is 3.95. The van der Waals surface area contributed by atoms with E-state index in [0.29, 0.717) is 0 Å². The molecule has 0 saturated carbocycles. The number of carbonyl (C=O) groups is 3. The lowest BCUT2D eigenvalue weighted by Gasteiger charge is -2.17. The molecule has 0 heterocycles. The maximum atomic E-state index is 12.3. The minimum Gasteiger partial charge on any atom is -0.480 e. The van der Waals surface area contributed by atoms with Crippen LogP contribution in [0.2, 0.25) is 0 Å². The summed E-state index contributed by atoms with van der Waals surface area (Å²) in [6.45, 7) is 3.85. The van der Waals surface area contributed by atoms with Crippen molar-refractivity contribution in [2.45, 2.75) is 38.6 Å². The molecule has 172 valence electrons. The number of carboxylic acid groups (broad SMARTS) is 1. The van der Waals surface area contributed by atoms with Crippen LogP contribution in [-0.2, 0) is 14.3 Å². The van der Waals surface area contributed by atoms with Gasteiger partial charge in [-0.05, 0) is 35.1 Å². The van der Waals surface area contributed by atoms with Crippen molar-refractivity contribution in [2.75, 3.05) is 13.2 Å². The monoisotopic (exact) mass is 448 g/mol. The van der Waals surface area contributed by atoms with E-state index in [4.69, 9.17) is 4.74 Å². The molecule has 0 radical (unpaired) electrons. The van der Waals surface area contributed by atoms with Gasteiger partial charge in [0.2, 0.25) is 5.91 Å². The summed E-state index contributed by atoms with van der Waals surface area (Å²) in [6, 6.07) is 15.2. The Morgan fingerprint density at radius 1 is 1.06 bits per heavy atom. The zero-order chi connectivity index (χ0) is 23.8. The zero-order valence-corrected chi connectivity index (χ0v) is 18.8. The van der Waals surface area contributed by atoms with Crippen molar-refractivity contribution in [1.29, 1.82) is 0 Å². The number of hydrogen-bond donors (Lipinski definition) is 3. The highest BCUT2D eigenvalue weighted by Crippen LogP contribution is 2.44. The number of hydrogen-bond acceptors (Lipinski definition) is 4. The number of carboxylic acids is 1. The molecule has 7 heteroatoms. The van der Waals surface area contributed by atoms with Gasteiger partial charge in [0.1, 0.15) is 12.6 Å². The van der Waals surface area contributed by atoms with E-state index in [2.05, 4.69) is 46.7 Å². The Labute approximate surface area is 193 Å². The molecule has 2 aromatic rings. The molecule has 2 aromatic carbocycles. The second-order valence-electron chi connectivity index (χ2n) is 8.10. The summed E-state index contributed by atoms with van der Waals surface area (Å²) in [6.07, 6.45) is -0.428. The van der Waals surface area contributed by atoms with E-state index < -0.39 is 24.0 Å². The van der Waals surface area contributed by atoms with Crippen LogP contribution < -0.4 is 10.6 Å². The fraction of sp³-hybridized carbons (Fsp3) is 0.346. The number of carbonyl (C=O) groups excluding carboxylic acids is 2. The third-order valence-electron chi connectivity index (χ3n) is 5.59. The van der Waals surface area contributed by atoms with Gasteiger partial charge in [0.25, 0.3) is 0 Å². The number of amides is 2. The Hall–Kier alpha value is -3.79. The summed E-state index contributed by atoms with van der Waals surface area (Å²) in [5.74, 6) is 3.53. The number of ether oxygens (including phenoxy) is 1. The third-order valence-corrected chi connectivity index (χ3v) is 5.59. The minimum atomic E-state index is -1.13. The smallest absolute Gasteiger partial charge is 0.407 e. The molecule has 0 bridgehead atoms. The molecule has 33 heavy (non-hydrogen) atoms. The van der Waals surface area contributed by atoms with Gasteiger partial charge >= 0.3 is 12.1 Å². The molecule has 0 spiro atoms. The van der Waals surface area contributed by atoms with Gasteiger partial charge in [0.05, 0.1) is 0 Å². The van der Waals surface area contributed by atoms with Gasteiger partial charge in [0, 0.05) is 25.3 Å². The Bertz CT molecular complexity index is 1040. The van der Waals surface area contributed by atoms with Crippen LogP contribution >= 0.6 is 0 Å². The summed E-state index contributed by atoms with van der Waals surface area (Å²) in [4.78, 5) is 35.6. The number of benzene rings is 2. The second-order valence-corrected chi connectivity index (χ2v) is 8.10. The van der Waals surface area contributed by atoms with Crippen molar-refractivity contribution in [3.05, 3.63) is 59.7 Å². The Balaban J connectivity index is 1.46. The molecule has 0 fully saturated rings. The molecular formula is C26H28N2O5. The minimum absolute atomic E-state index is 0.0227. The molecule has 7 nitrogen and oxygen atoms in total. The lowest BCUT2D eigenvalue weighted by molar-refractivity contribution is -0.141. The molecule has 2 amide bonds. The first-order valence-electron chi connectivity index (χ1n) is 10.9. The van der Waals surface area contributed by atoms with Crippen molar-refractivity contribution in [3.63, 3.8) is 0 Å². The van der Waals surface area contributed by atoms with Gasteiger partial charge in [-0.1, -0.05) is 55.5 Å². The van der Waals surface area contributed by atoms with Gasteiger partial charge in [-0.25, -0.2) is 9.59 Å². The van der Waals surface area contributed by atoms with Gasteiger partial charge in [0.15, 0.2) is 0 Å². The normalized spacial score (nSPS) is 13.5. The number of fused-ring (bicyclic) bond motifs is 3. The molecule has 2 unspecified atom stereocenters. The lowest BCUT2D eigenvalue weighted by atomic mass is 9.98. The van der Waals surface area contributed by atoms with Crippen molar-refractivity contribution in [1.82, 2.24) is 10.6 Å². The largest absolute Gasteiger partial charge is 0.480 e. The SMILES string of the molecule is CC#CCC(NC(=O)CC(C)CNC(=O)OCC1c2ccccc2-c2ccccc21)C(=O)O. The predicted molar refractivity (Wildman–Crippen MR) is 124 cm³/mol. The van der Waals surface area contributed by atoms with Crippen molar-refractivity contribution in [3.8, 4) is 23.0 Å². The van der Waals surface area contributed by atoms with Crippen molar-refractivity contribution in [2.24, 2.45) is 5.92 Å². The summed E-state index contributed by atoms with van der Waals surface area (Å²) in [5, 5.41) is 14.3. The Kier molecular flexibility index (Phi) is 8.09. The van der Waals surface area contributed by atoms with Crippen molar-refractivity contribution < 1.29 is 24.2 Å². The summed E-state index contributed by atoms with van der Waals surface area (Å²) in [5.41, 5.74) is 4.59. The molecule has 0 aromatic heterocycles. The van der Waals surface area contributed by atoms with Crippen LogP contribution in [0.5, 0.6) is 0 Å². The average Bonchev–Trinajstić information content (AvgIpc) is 3.12. The first-order chi connectivity index (χ1) is 15.9. The molecule has 2 atom stereocenters. The van der Waals surface area contributed by atoms with Crippen molar-refractivity contribution >= 4 is 18.0 Å². The average molecular weight is 449 g/mol. The van der Waals surface area contributed by atoms with Gasteiger partial charge in [-0.2, -0.15) is 0 Å². The number of alkyl carbamates (subject to hydrolysis) is 1. The van der Waals surface area contributed by atoms with Gasteiger partial charge < -0.3 is 20.5 Å². The van der Waals surface area contributed by atoms with Crippen LogP contribution in [0.1, 0.15) is 43.7 Å². The quantitative estimate of drug-likeness (QED) is 0.509. The summed E-state index contributed by atoms with van der Waals surface area (Å²) < 4.78 is 5.49. The maximum Gasteiger partial charge on any atom is 0.407 e. The highest BCUT2D eigenvalue weighted by molar-refractivity contribution is 5.84. The molecule has 0 aliphatic heterocycles. The first kappa shape index (κ1) is 23.9. The fourth-order valence-electron chi connectivity index (χ4n) is 3.95. The van der Waals surface area contributed by atoms with Gasteiger partial charge in [-0.15, -0.1) is 11.8 Å². The number of rotatable bonds is 9. The number of nitrogens with one attached hydrogen (secondary N) is 2. The van der Waals surface area contributed by atoms with Crippen LogP contribution in [0, 0.1) is 17.8 Å². The molecule has 0 saturated heterocycles. The molecular weight excluding hydrogens is 420 g/mol. The standard InChI is InChI=1S/C26H28N2O5/c1-3-4-13-23(25(30)31)28-24(29)14-17(2)15-27-26(32)33-16-22-20-11-7-5-9-18(20)19-10-6-8-12-21(19)22/h5-12,17,22-23H,13-16H2,1-2H3,(H,27,32)(H,28,29)(H,30,31). The topological polar surface area (TPSA) is 105 Å². The second kappa shape index (κ2) is 11.2.